The van der Waals surface area contributed by atoms with Crippen LogP contribution in [0, 0.1) is 5.41 Å². The van der Waals surface area contributed by atoms with Gasteiger partial charge in [0.25, 0.3) is 11.7 Å². The number of guanidine groups is 1. The Morgan fingerprint density at radius 2 is 1.61 bits per heavy atom. The zero-order valence-electron chi connectivity index (χ0n) is 27.0. The molecule has 51 heavy (non-hydrogen) atoms. The molecule has 8 N–H and O–H groups in total. The fraction of sp³-hybridized carbons (Fsp3) is 0.333. The Balaban J connectivity index is 1.23. The summed E-state index contributed by atoms with van der Waals surface area (Å²) in [7, 11) is 0. The summed E-state index contributed by atoms with van der Waals surface area (Å²) >= 11 is 0. The molecule has 0 aromatic heterocycles. The molecule has 1 saturated carbocycles. The van der Waals surface area contributed by atoms with Gasteiger partial charge in [-0.25, -0.2) is 9.89 Å². The number of carbonyl (C=O) groups is 3. The second-order valence-corrected chi connectivity index (χ2v) is 13.4. The van der Waals surface area contributed by atoms with Crippen LogP contribution in [0.4, 0.5) is 5.69 Å². The number of phenols is 1. The number of aliphatic hydroxyl groups is 4. The normalized spacial score (nSPS) is 28.0. The SMILES string of the molecule is N=C1N=C2C(=NC[NH+]2c2ccccc2Cc2cc3c(c(O)c2O[C@H]2O[C@@H](C4(O)CCCC4)[C@H](O)[C@@H](O)[C@@H]2O)C(=O)c2ccccc2C3=O)C(=O)N1. The number of benzene rings is 3. The molecule has 1 saturated heterocycles. The molecule has 0 bridgehead atoms. The quantitative estimate of drug-likeness (QED) is 0.130. The summed E-state index contributed by atoms with van der Waals surface area (Å²) in [6.07, 6.45) is -6.51. The molecule has 8 rings (SSSR count). The summed E-state index contributed by atoms with van der Waals surface area (Å²) < 4.78 is 12.1. The van der Waals surface area contributed by atoms with Crippen LogP contribution in [0.25, 0.3) is 0 Å². The smallest absolute Gasteiger partial charge is 0.284 e. The Kier molecular flexibility index (Phi) is 7.94. The number of aliphatic imine (C=N–C) groups is 2. The third kappa shape index (κ3) is 5.28. The first-order valence-electron chi connectivity index (χ1n) is 16.6. The molecular formula is C36H34N5O10+. The van der Waals surface area contributed by atoms with Gasteiger partial charge in [0, 0.05) is 34.2 Å². The maximum absolute atomic E-state index is 13.8. The number of rotatable bonds is 6. The third-order valence-corrected chi connectivity index (χ3v) is 10.3. The molecule has 6 atom stereocenters. The van der Waals surface area contributed by atoms with Crippen LogP contribution in [0.2, 0.25) is 0 Å². The first kappa shape index (κ1) is 33.0. The van der Waals surface area contributed by atoms with E-state index in [0.717, 1.165) is 0 Å². The lowest BCUT2D eigenvalue weighted by atomic mass is 9.81. The number of phenolic OH excluding ortho intramolecular Hbond substituents is 1. The zero-order chi connectivity index (χ0) is 35.8. The van der Waals surface area contributed by atoms with E-state index in [-0.39, 0.29) is 77.0 Å². The van der Waals surface area contributed by atoms with Gasteiger partial charge in [-0.05, 0) is 25.0 Å². The summed E-state index contributed by atoms with van der Waals surface area (Å²) in [5, 5.41) is 66.3. The molecule has 3 aromatic carbocycles. The number of fused-ring (bicyclic) bond motifs is 3. The van der Waals surface area contributed by atoms with Crippen LogP contribution in [0.5, 0.6) is 11.5 Å². The Hall–Kier alpha value is -5.16. The minimum Gasteiger partial charge on any atom is -0.504 e. The van der Waals surface area contributed by atoms with Gasteiger partial charge in [-0.1, -0.05) is 55.3 Å². The van der Waals surface area contributed by atoms with Gasteiger partial charge in [-0.3, -0.25) is 25.1 Å². The molecule has 2 fully saturated rings. The molecule has 3 aliphatic heterocycles. The summed E-state index contributed by atoms with van der Waals surface area (Å²) in [5.74, 6) is -2.77. The minimum absolute atomic E-state index is 0.0351. The van der Waals surface area contributed by atoms with Crippen molar-refractivity contribution in [3.63, 3.8) is 0 Å². The first-order valence-corrected chi connectivity index (χ1v) is 16.6. The molecule has 5 aliphatic rings. The van der Waals surface area contributed by atoms with Crippen molar-refractivity contribution in [3.05, 3.63) is 88.0 Å². The number of hydrogen-bond acceptors (Lipinski definition) is 12. The van der Waals surface area contributed by atoms with Gasteiger partial charge in [0.2, 0.25) is 18.0 Å². The number of quaternary nitrogens is 1. The van der Waals surface area contributed by atoms with Crippen molar-refractivity contribution < 1.29 is 54.3 Å². The fourth-order valence-electron chi connectivity index (χ4n) is 7.76. The van der Waals surface area contributed by atoms with Crippen molar-refractivity contribution >= 4 is 40.7 Å². The second-order valence-electron chi connectivity index (χ2n) is 13.4. The van der Waals surface area contributed by atoms with Crippen molar-refractivity contribution in [1.82, 2.24) is 5.32 Å². The highest BCUT2D eigenvalue weighted by Gasteiger charge is 2.54. The molecular weight excluding hydrogens is 662 g/mol. The van der Waals surface area contributed by atoms with E-state index in [9.17, 15) is 39.9 Å². The number of ether oxygens (including phenoxy) is 2. The number of hydrogen-bond donors (Lipinski definition) is 8. The van der Waals surface area contributed by atoms with Crippen molar-refractivity contribution in [3.8, 4) is 11.5 Å². The molecule has 15 heteroatoms. The van der Waals surface area contributed by atoms with Crippen LogP contribution >= 0.6 is 0 Å². The maximum Gasteiger partial charge on any atom is 0.284 e. The molecule has 262 valence electrons. The van der Waals surface area contributed by atoms with Gasteiger partial charge >= 0.3 is 0 Å². The van der Waals surface area contributed by atoms with E-state index in [1.807, 2.05) is 0 Å². The van der Waals surface area contributed by atoms with Gasteiger partial charge in [0.05, 0.1) is 11.2 Å². The van der Waals surface area contributed by atoms with Crippen LogP contribution in [0.3, 0.4) is 0 Å². The topological polar surface area (TPSA) is 236 Å². The molecule has 1 unspecified atom stereocenters. The van der Waals surface area contributed by atoms with Gasteiger partial charge in [0.1, 0.15) is 30.1 Å². The standard InChI is InChI=1S/C36H33N5O10/c37-35-39-32-23(33(48)40-35)38-15-41(32)21-10-4-1-7-16(21)13-17-14-20-22(25(43)19-9-3-2-8-18(19)24(20)42)26(44)30(17)50-34-29(47)27(45)28(46)31(51-34)36(49)11-5-6-12-36/h1-4,7-10,14,27-29,31,34,44-47,49H,5-6,11-13,15H2,(H2,37,40,48)/p+1/t27-,28-,29+,31-,34+/m1/s1. The predicted octanol–water partition coefficient (Wildman–Crippen LogP) is -0.359. The summed E-state index contributed by atoms with van der Waals surface area (Å²) in [5.41, 5.74) is -0.134. The lowest BCUT2D eigenvalue weighted by molar-refractivity contribution is -0.723. The van der Waals surface area contributed by atoms with Gasteiger partial charge in [0.15, 0.2) is 29.7 Å². The highest BCUT2D eigenvalue weighted by Crippen LogP contribution is 2.45. The summed E-state index contributed by atoms with van der Waals surface area (Å²) in [4.78, 5) is 49.3. The van der Waals surface area contributed by atoms with E-state index in [0.29, 0.717) is 29.0 Å². The summed E-state index contributed by atoms with van der Waals surface area (Å²) in [6, 6.07) is 14.7. The lowest BCUT2D eigenvalue weighted by Gasteiger charge is -2.45. The Bertz CT molecular complexity index is 2090. The van der Waals surface area contributed by atoms with Gasteiger partial charge in [-0.2, -0.15) is 4.99 Å². The van der Waals surface area contributed by atoms with Crippen molar-refractivity contribution in [2.75, 3.05) is 6.67 Å². The predicted molar refractivity (Wildman–Crippen MR) is 178 cm³/mol. The molecule has 0 radical (unpaired) electrons. The molecule has 2 aliphatic carbocycles. The van der Waals surface area contributed by atoms with Gasteiger partial charge in [-0.15, -0.1) is 0 Å². The number of amides is 1. The number of aliphatic hydroxyl groups excluding tert-OH is 3. The number of aromatic hydroxyl groups is 1. The Morgan fingerprint density at radius 1 is 0.922 bits per heavy atom. The molecule has 3 aromatic rings. The average molecular weight is 697 g/mol. The van der Waals surface area contributed by atoms with Crippen molar-refractivity contribution in [2.24, 2.45) is 9.98 Å². The number of nitrogens with zero attached hydrogens (tertiary/aromatic N) is 2. The van der Waals surface area contributed by atoms with E-state index >= 15 is 0 Å². The molecule has 3 heterocycles. The number of nitrogens with one attached hydrogen (secondary N) is 3. The summed E-state index contributed by atoms with van der Waals surface area (Å²) in [6.45, 7) is 0.0983. The van der Waals surface area contributed by atoms with Crippen LogP contribution in [0.15, 0.2) is 64.6 Å². The molecule has 0 spiro atoms. The average Bonchev–Trinajstić information content (AvgIpc) is 3.76. The number of para-hydroxylation sites is 1. The fourth-order valence-corrected chi connectivity index (χ4v) is 7.76. The van der Waals surface area contributed by atoms with Crippen molar-refractivity contribution in [2.45, 2.75) is 68.4 Å². The Labute approximate surface area is 290 Å². The van der Waals surface area contributed by atoms with Crippen LogP contribution in [-0.2, 0) is 16.0 Å². The van der Waals surface area contributed by atoms with E-state index in [2.05, 4.69) is 15.3 Å². The minimum atomic E-state index is -1.84. The second kappa shape index (κ2) is 12.3. The van der Waals surface area contributed by atoms with E-state index in [4.69, 9.17) is 14.9 Å². The van der Waals surface area contributed by atoms with E-state index < -0.39 is 59.5 Å². The third-order valence-electron chi connectivity index (χ3n) is 10.3. The number of carbonyl (C=O) groups excluding carboxylic acids is 3. The zero-order valence-corrected chi connectivity index (χ0v) is 27.0. The number of amidine groups is 1. The van der Waals surface area contributed by atoms with Crippen LogP contribution in [-0.4, -0.2) is 103 Å². The van der Waals surface area contributed by atoms with Crippen molar-refractivity contribution in [1.29, 1.82) is 5.41 Å². The first-order chi connectivity index (χ1) is 24.5. The highest BCUT2D eigenvalue weighted by molar-refractivity contribution is 6.68. The Morgan fingerprint density at radius 3 is 2.35 bits per heavy atom. The lowest BCUT2D eigenvalue weighted by Crippen LogP contribution is -3.09. The van der Waals surface area contributed by atoms with Crippen LogP contribution < -0.4 is 15.0 Å². The van der Waals surface area contributed by atoms with E-state index in [1.165, 1.54) is 18.2 Å². The highest BCUT2D eigenvalue weighted by atomic mass is 16.7. The monoisotopic (exact) mass is 696 g/mol. The van der Waals surface area contributed by atoms with Crippen LogP contribution in [0.1, 0.15) is 68.7 Å². The molecule has 15 nitrogen and oxygen atoms in total. The van der Waals surface area contributed by atoms with E-state index in [1.54, 1.807) is 36.4 Å². The molecule has 1 amide bonds. The van der Waals surface area contributed by atoms with Gasteiger partial charge < -0.3 is 35.0 Å². The largest absolute Gasteiger partial charge is 0.504 e. The maximum atomic E-state index is 13.8. The number of ketones is 2.